The topological polar surface area (TPSA) is 72.5 Å². The van der Waals surface area contributed by atoms with E-state index >= 15 is 0 Å². The monoisotopic (exact) mass is 268 g/mol. The number of halogens is 1. The van der Waals surface area contributed by atoms with Crippen molar-refractivity contribution < 1.29 is 9.13 Å². The predicted octanol–water partition coefficient (Wildman–Crippen LogP) is 2.01. The average molecular weight is 268 g/mol. The largest absolute Gasteiger partial charge is 0.379 e. The van der Waals surface area contributed by atoms with Gasteiger partial charge < -0.3 is 4.74 Å². The molecule has 0 aromatic heterocycles. The summed E-state index contributed by atoms with van der Waals surface area (Å²) in [7, 11) is -2.49. The van der Waals surface area contributed by atoms with Gasteiger partial charge in [0.25, 0.3) is 0 Å². The number of hydrogen-bond acceptors (Lipinski definition) is 4. The fourth-order valence-corrected chi connectivity index (χ4v) is 3.58. The van der Waals surface area contributed by atoms with Crippen molar-refractivity contribution in [2.24, 2.45) is 4.36 Å². The Morgan fingerprint density at radius 3 is 2.50 bits per heavy atom. The van der Waals surface area contributed by atoms with E-state index < -0.39 is 9.81 Å². The first-order chi connectivity index (χ1) is 8.66. The molecule has 1 aliphatic rings. The molecule has 1 fully saturated rings. The van der Waals surface area contributed by atoms with Crippen LogP contribution in [0.1, 0.15) is 0 Å². The van der Waals surface area contributed by atoms with Gasteiger partial charge in [0, 0.05) is 27.8 Å². The highest BCUT2D eigenvalue weighted by Gasteiger charge is 2.21. The number of nitriles is 1. The Morgan fingerprint density at radius 2 is 1.94 bits per heavy atom. The van der Waals surface area contributed by atoms with Crippen LogP contribution in [0.4, 0.5) is 4.39 Å². The highest BCUT2D eigenvalue weighted by atomic mass is 32.2. The summed E-state index contributed by atoms with van der Waals surface area (Å²) < 4.78 is 32.2. The maximum atomic E-state index is 12.9. The van der Waals surface area contributed by atoms with Crippen LogP contribution in [0.3, 0.4) is 0 Å². The summed E-state index contributed by atoms with van der Waals surface area (Å²) in [5.74, 6) is -0.362. The molecule has 0 radical (unpaired) electrons. The quantitative estimate of drug-likeness (QED) is 0.834. The molecule has 0 bridgehead atoms. The Kier molecular flexibility index (Phi) is 3.91. The summed E-state index contributed by atoms with van der Waals surface area (Å²) in [5, 5.41) is 8.80. The fourth-order valence-electron chi connectivity index (χ4n) is 1.75. The van der Waals surface area contributed by atoms with Gasteiger partial charge >= 0.3 is 0 Å². The Balaban J connectivity index is 2.44. The molecule has 1 atom stereocenters. The first-order valence-corrected chi connectivity index (χ1v) is 6.99. The van der Waals surface area contributed by atoms with E-state index in [2.05, 4.69) is 4.36 Å². The zero-order chi connectivity index (χ0) is 13.0. The fraction of sp³-hybridized carbons (Fsp3) is 0.364. The third kappa shape index (κ3) is 2.51. The lowest BCUT2D eigenvalue weighted by atomic mass is 10.4. The van der Waals surface area contributed by atoms with E-state index in [0.717, 1.165) is 0 Å². The lowest BCUT2D eigenvalue weighted by molar-refractivity contribution is 0.0756. The molecule has 0 spiro atoms. The van der Waals surface area contributed by atoms with Crippen molar-refractivity contribution in [1.29, 1.82) is 10.0 Å². The van der Waals surface area contributed by atoms with E-state index in [1.807, 2.05) is 4.31 Å². The van der Waals surface area contributed by atoms with Gasteiger partial charge in [0.1, 0.15) is 5.82 Å². The molecule has 0 aliphatic carbocycles. The summed E-state index contributed by atoms with van der Waals surface area (Å²) >= 11 is 0. The van der Waals surface area contributed by atoms with Crippen molar-refractivity contribution in [1.82, 2.24) is 4.31 Å². The van der Waals surface area contributed by atoms with Crippen LogP contribution in [0.15, 0.2) is 33.5 Å². The van der Waals surface area contributed by atoms with E-state index in [1.54, 1.807) is 6.19 Å². The first-order valence-electron chi connectivity index (χ1n) is 5.44. The van der Waals surface area contributed by atoms with E-state index in [9.17, 15) is 4.39 Å². The number of ether oxygens (including phenoxy) is 1. The molecule has 96 valence electrons. The molecular formula is C11H13FN4OS. The van der Waals surface area contributed by atoms with Gasteiger partial charge in [0.2, 0.25) is 6.19 Å². The molecule has 5 nitrogen and oxygen atoms in total. The average Bonchev–Trinajstić information content (AvgIpc) is 2.40. The van der Waals surface area contributed by atoms with Crippen LogP contribution in [0.5, 0.6) is 0 Å². The Morgan fingerprint density at radius 1 is 1.33 bits per heavy atom. The summed E-state index contributed by atoms with van der Waals surface area (Å²) in [4.78, 5) is 0.562. The molecule has 1 aliphatic heterocycles. The standard InChI is InChI=1S/C11H13FN4OS/c12-10-1-3-11(4-2-10)18(14,15-9-13)16-5-7-17-8-6-16/h1-4,14H,5-8H2. The minimum absolute atomic E-state index is 0.362. The Labute approximate surface area is 106 Å². The lowest BCUT2D eigenvalue weighted by Crippen LogP contribution is -2.39. The first kappa shape index (κ1) is 13.0. The minimum Gasteiger partial charge on any atom is -0.379 e. The molecule has 1 N–H and O–H groups in total. The minimum atomic E-state index is -2.49. The highest BCUT2D eigenvalue weighted by Crippen LogP contribution is 2.21. The Bertz CT molecular complexity index is 566. The number of nitrogens with one attached hydrogen (secondary N) is 1. The van der Waals surface area contributed by atoms with Crippen molar-refractivity contribution in [3.05, 3.63) is 30.1 Å². The van der Waals surface area contributed by atoms with Crippen LogP contribution in [-0.4, -0.2) is 30.6 Å². The van der Waals surface area contributed by atoms with Crippen LogP contribution < -0.4 is 0 Å². The van der Waals surface area contributed by atoms with Crippen LogP contribution in [0.2, 0.25) is 0 Å². The molecule has 1 saturated heterocycles. The summed E-state index contributed by atoms with van der Waals surface area (Å²) in [6.07, 6.45) is 1.72. The predicted molar refractivity (Wildman–Crippen MR) is 65.2 cm³/mol. The molecule has 7 heteroatoms. The number of nitrogens with zero attached hydrogens (tertiary/aromatic N) is 3. The van der Waals surface area contributed by atoms with Gasteiger partial charge in [0.15, 0.2) is 0 Å². The van der Waals surface area contributed by atoms with E-state index in [-0.39, 0.29) is 5.82 Å². The number of hydrogen-bond donors (Lipinski definition) is 1. The third-order valence-electron chi connectivity index (χ3n) is 2.66. The van der Waals surface area contributed by atoms with Crippen molar-refractivity contribution in [3.8, 4) is 6.19 Å². The van der Waals surface area contributed by atoms with Crippen LogP contribution >= 0.6 is 0 Å². The number of rotatable bonds is 2. The van der Waals surface area contributed by atoms with E-state index in [1.165, 1.54) is 24.3 Å². The molecule has 2 rings (SSSR count). The smallest absolute Gasteiger partial charge is 0.214 e. The van der Waals surface area contributed by atoms with Gasteiger partial charge in [-0.15, -0.1) is 4.36 Å². The maximum absolute atomic E-state index is 12.9. The maximum Gasteiger partial charge on any atom is 0.214 e. The van der Waals surface area contributed by atoms with E-state index in [4.69, 9.17) is 14.8 Å². The normalized spacial score (nSPS) is 19.8. The summed E-state index contributed by atoms with van der Waals surface area (Å²) in [5.41, 5.74) is 0. The van der Waals surface area contributed by atoms with Crippen LogP contribution in [0, 0.1) is 22.1 Å². The summed E-state index contributed by atoms with van der Waals surface area (Å²) in [6.45, 7) is 2.16. The van der Waals surface area contributed by atoms with Crippen LogP contribution in [-0.2, 0) is 14.5 Å². The van der Waals surface area contributed by atoms with Gasteiger partial charge in [-0.05, 0) is 24.3 Å². The van der Waals surface area contributed by atoms with Crippen molar-refractivity contribution >= 4 is 9.81 Å². The highest BCUT2D eigenvalue weighted by molar-refractivity contribution is 7.92. The molecule has 18 heavy (non-hydrogen) atoms. The molecule has 0 saturated carbocycles. The zero-order valence-electron chi connectivity index (χ0n) is 9.67. The molecule has 1 aromatic rings. The van der Waals surface area contributed by atoms with Gasteiger partial charge in [-0.3, -0.25) is 4.78 Å². The van der Waals surface area contributed by atoms with Gasteiger partial charge in [0.05, 0.1) is 13.2 Å². The molecule has 1 aromatic carbocycles. The molecular weight excluding hydrogens is 255 g/mol. The van der Waals surface area contributed by atoms with Crippen molar-refractivity contribution in [2.75, 3.05) is 26.3 Å². The lowest BCUT2D eigenvalue weighted by Gasteiger charge is -2.31. The molecule has 1 heterocycles. The van der Waals surface area contributed by atoms with Crippen LogP contribution in [0.25, 0.3) is 0 Å². The molecule has 0 amide bonds. The van der Waals surface area contributed by atoms with E-state index in [0.29, 0.717) is 31.2 Å². The summed E-state index contributed by atoms with van der Waals surface area (Å²) in [6, 6.07) is 5.62. The number of benzene rings is 1. The SMILES string of the molecule is N#CN=S(=N)(c1ccc(F)cc1)N1CCOCC1. The number of morpholine rings is 1. The molecule has 1 unspecified atom stereocenters. The van der Waals surface area contributed by atoms with Crippen molar-refractivity contribution in [2.45, 2.75) is 4.90 Å². The van der Waals surface area contributed by atoms with Crippen molar-refractivity contribution in [3.63, 3.8) is 0 Å². The zero-order valence-corrected chi connectivity index (χ0v) is 10.5. The second-order valence-electron chi connectivity index (χ2n) is 3.74. The van der Waals surface area contributed by atoms with Gasteiger partial charge in [-0.1, -0.05) is 0 Å². The van der Waals surface area contributed by atoms with Gasteiger partial charge in [-0.25, -0.2) is 8.70 Å². The Hall–Kier alpha value is -1.49. The van der Waals surface area contributed by atoms with Gasteiger partial charge in [-0.2, -0.15) is 5.26 Å². The third-order valence-corrected chi connectivity index (χ3v) is 5.05. The second kappa shape index (κ2) is 5.44. The second-order valence-corrected chi connectivity index (χ2v) is 6.00.